The Morgan fingerprint density at radius 1 is 1.23 bits per heavy atom. The summed E-state index contributed by atoms with van der Waals surface area (Å²) in [5, 5.41) is 13.8. The fourth-order valence-electron chi connectivity index (χ4n) is 2.78. The number of nitro groups is 1. The summed E-state index contributed by atoms with van der Waals surface area (Å²) < 4.78 is 5.35. The molecule has 1 atom stereocenters. The molecule has 1 saturated heterocycles. The van der Waals surface area contributed by atoms with Gasteiger partial charge in [-0.15, -0.1) is 0 Å². The Bertz CT molecular complexity index is 850. The Balaban J connectivity index is 1.76. The van der Waals surface area contributed by atoms with Crippen LogP contribution in [-0.2, 0) is 9.59 Å². The minimum Gasteiger partial charge on any atom is -0.494 e. The number of hydrogen-bond donors (Lipinski definition) is 1. The van der Waals surface area contributed by atoms with Crippen molar-refractivity contribution in [2.75, 3.05) is 16.8 Å². The summed E-state index contributed by atoms with van der Waals surface area (Å²) in [5.74, 6) is -0.0747. The minimum atomic E-state index is -0.768. The van der Waals surface area contributed by atoms with Crippen LogP contribution >= 0.6 is 0 Å². The van der Waals surface area contributed by atoms with Gasteiger partial charge in [0.15, 0.2) is 0 Å². The van der Waals surface area contributed by atoms with Crippen LogP contribution in [0, 0.1) is 10.1 Å². The van der Waals surface area contributed by atoms with Crippen LogP contribution in [0.4, 0.5) is 17.1 Å². The zero-order valence-corrected chi connectivity index (χ0v) is 14.0. The molecule has 2 aromatic rings. The van der Waals surface area contributed by atoms with E-state index in [9.17, 15) is 19.7 Å². The van der Waals surface area contributed by atoms with Gasteiger partial charge in [0.25, 0.3) is 11.6 Å². The molecule has 134 valence electrons. The molecule has 0 aromatic heterocycles. The smallest absolute Gasteiger partial charge is 0.271 e. The second kappa shape index (κ2) is 7.22. The lowest BCUT2D eigenvalue weighted by Crippen LogP contribution is -2.34. The molecule has 1 fully saturated rings. The first-order chi connectivity index (χ1) is 12.5. The Hall–Kier alpha value is -3.42. The lowest BCUT2D eigenvalue weighted by atomic mass is 10.2. The average Bonchev–Trinajstić information content (AvgIpc) is 2.90. The monoisotopic (exact) mass is 355 g/mol. The van der Waals surface area contributed by atoms with Gasteiger partial charge in [-0.1, -0.05) is 6.07 Å². The highest BCUT2D eigenvalue weighted by Gasteiger charge is 2.39. The van der Waals surface area contributed by atoms with Crippen LogP contribution in [0.5, 0.6) is 5.75 Å². The van der Waals surface area contributed by atoms with E-state index in [4.69, 9.17) is 4.74 Å². The number of nitro benzene ring substituents is 1. The van der Waals surface area contributed by atoms with Crippen LogP contribution in [0.3, 0.4) is 0 Å². The average molecular weight is 355 g/mol. The standard InChI is InChI=1S/C18H17N3O5/c1-2-26-15-8-6-13(7-9-15)20-17(22)11-16(18(20)23)19-12-4-3-5-14(10-12)21(24)25/h3-10,16,19H,2,11H2,1H3/t16-/m0/s1. The molecule has 0 spiro atoms. The van der Waals surface area contributed by atoms with Crippen molar-refractivity contribution in [1.82, 2.24) is 0 Å². The Kier molecular flexibility index (Phi) is 4.83. The Morgan fingerprint density at radius 3 is 2.62 bits per heavy atom. The number of carbonyl (C=O) groups is 2. The van der Waals surface area contributed by atoms with Gasteiger partial charge in [-0.05, 0) is 37.3 Å². The third-order valence-corrected chi connectivity index (χ3v) is 3.95. The molecule has 2 aromatic carbocycles. The lowest BCUT2D eigenvalue weighted by molar-refractivity contribution is -0.384. The number of carbonyl (C=O) groups excluding carboxylic acids is 2. The predicted molar refractivity (Wildman–Crippen MR) is 95.2 cm³/mol. The number of amides is 2. The molecule has 8 nitrogen and oxygen atoms in total. The fraction of sp³-hybridized carbons (Fsp3) is 0.222. The lowest BCUT2D eigenvalue weighted by Gasteiger charge is -2.16. The number of ether oxygens (including phenoxy) is 1. The number of rotatable bonds is 6. The maximum atomic E-state index is 12.6. The van der Waals surface area contributed by atoms with Crippen molar-refractivity contribution in [1.29, 1.82) is 0 Å². The van der Waals surface area contributed by atoms with Crippen molar-refractivity contribution >= 4 is 28.9 Å². The van der Waals surface area contributed by atoms with E-state index >= 15 is 0 Å². The van der Waals surface area contributed by atoms with Gasteiger partial charge in [0.1, 0.15) is 11.8 Å². The number of nitrogens with zero attached hydrogens (tertiary/aromatic N) is 2. The molecular weight excluding hydrogens is 338 g/mol. The van der Waals surface area contributed by atoms with Crippen molar-refractivity contribution < 1.29 is 19.2 Å². The first-order valence-corrected chi connectivity index (χ1v) is 8.10. The van der Waals surface area contributed by atoms with Gasteiger partial charge in [-0.25, -0.2) is 4.90 Å². The fourth-order valence-corrected chi connectivity index (χ4v) is 2.78. The number of hydrogen-bond acceptors (Lipinski definition) is 6. The first kappa shape index (κ1) is 17.4. The first-order valence-electron chi connectivity index (χ1n) is 8.10. The number of benzene rings is 2. The summed E-state index contributed by atoms with van der Waals surface area (Å²) >= 11 is 0. The molecule has 0 unspecified atom stereocenters. The highest BCUT2D eigenvalue weighted by molar-refractivity contribution is 6.23. The number of nitrogens with one attached hydrogen (secondary N) is 1. The van der Waals surface area contributed by atoms with Gasteiger partial charge >= 0.3 is 0 Å². The van der Waals surface area contributed by atoms with Crippen molar-refractivity contribution in [2.24, 2.45) is 0 Å². The Labute approximate surface area is 149 Å². The van der Waals surface area contributed by atoms with Gasteiger partial charge in [0, 0.05) is 17.8 Å². The summed E-state index contributed by atoms with van der Waals surface area (Å²) in [6.45, 7) is 2.39. The van der Waals surface area contributed by atoms with Gasteiger partial charge in [0.05, 0.1) is 23.6 Å². The normalized spacial score (nSPS) is 16.7. The van der Waals surface area contributed by atoms with E-state index in [1.54, 1.807) is 30.3 Å². The van der Waals surface area contributed by atoms with E-state index in [0.29, 0.717) is 23.7 Å². The van der Waals surface area contributed by atoms with Crippen molar-refractivity contribution in [3.8, 4) is 5.75 Å². The molecule has 1 heterocycles. The third kappa shape index (κ3) is 3.49. The summed E-state index contributed by atoms with van der Waals surface area (Å²) in [4.78, 5) is 36.4. The highest BCUT2D eigenvalue weighted by Crippen LogP contribution is 2.27. The second-order valence-electron chi connectivity index (χ2n) is 5.70. The van der Waals surface area contributed by atoms with E-state index < -0.39 is 16.9 Å². The largest absolute Gasteiger partial charge is 0.494 e. The van der Waals surface area contributed by atoms with Crippen molar-refractivity contribution in [3.63, 3.8) is 0 Å². The van der Waals surface area contributed by atoms with Crippen LogP contribution in [0.2, 0.25) is 0 Å². The SMILES string of the molecule is CCOc1ccc(N2C(=O)C[C@H](Nc3cccc([N+](=O)[O-])c3)C2=O)cc1. The molecule has 3 rings (SSSR count). The maximum absolute atomic E-state index is 12.6. The summed E-state index contributed by atoms with van der Waals surface area (Å²) in [6.07, 6.45) is -0.0191. The minimum absolute atomic E-state index is 0.0191. The number of anilines is 2. The summed E-state index contributed by atoms with van der Waals surface area (Å²) in [5.41, 5.74) is 0.792. The molecule has 0 saturated carbocycles. The maximum Gasteiger partial charge on any atom is 0.271 e. The van der Waals surface area contributed by atoms with E-state index in [0.717, 1.165) is 4.90 Å². The zero-order chi connectivity index (χ0) is 18.7. The van der Waals surface area contributed by atoms with E-state index in [1.807, 2.05) is 6.92 Å². The van der Waals surface area contributed by atoms with Gasteiger partial charge in [-0.2, -0.15) is 0 Å². The molecule has 8 heteroatoms. The molecular formula is C18H17N3O5. The molecule has 0 bridgehead atoms. The topological polar surface area (TPSA) is 102 Å². The molecule has 1 aliphatic rings. The van der Waals surface area contributed by atoms with Crippen LogP contribution < -0.4 is 15.0 Å². The van der Waals surface area contributed by atoms with Gasteiger partial charge in [0.2, 0.25) is 5.91 Å². The molecule has 2 amide bonds. The third-order valence-electron chi connectivity index (χ3n) is 3.95. The number of non-ortho nitro benzene ring substituents is 1. The van der Waals surface area contributed by atoms with Crippen LogP contribution in [0.1, 0.15) is 13.3 Å². The quantitative estimate of drug-likeness (QED) is 0.486. The predicted octanol–water partition coefficient (Wildman–Crippen LogP) is 2.74. The Morgan fingerprint density at radius 2 is 1.96 bits per heavy atom. The summed E-state index contributed by atoms with van der Waals surface area (Å²) in [6, 6.07) is 11.7. The summed E-state index contributed by atoms with van der Waals surface area (Å²) in [7, 11) is 0. The van der Waals surface area contributed by atoms with Crippen LogP contribution in [-0.4, -0.2) is 29.4 Å². The van der Waals surface area contributed by atoms with E-state index in [-0.39, 0.29) is 18.0 Å². The van der Waals surface area contributed by atoms with Crippen molar-refractivity contribution in [2.45, 2.75) is 19.4 Å². The van der Waals surface area contributed by atoms with Crippen LogP contribution in [0.15, 0.2) is 48.5 Å². The zero-order valence-electron chi connectivity index (χ0n) is 14.0. The van der Waals surface area contributed by atoms with Crippen LogP contribution in [0.25, 0.3) is 0 Å². The molecule has 0 radical (unpaired) electrons. The molecule has 1 N–H and O–H groups in total. The van der Waals surface area contributed by atoms with Gasteiger partial charge < -0.3 is 10.1 Å². The van der Waals surface area contributed by atoms with E-state index in [2.05, 4.69) is 5.32 Å². The molecule has 1 aliphatic heterocycles. The van der Waals surface area contributed by atoms with Gasteiger partial charge in [-0.3, -0.25) is 19.7 Å². The van der Waals surface area contributed by atoms with E-state index in [1.165, 1.54) is 18.2 Å². The second-order valence-corrected chi connectivity index (χ2v) is 5.70. The molecule has 26 heavy (non-hydrogen) atoms. The number of imide groups is 1. The van der Waals surface area contributed by atoms with Crippen molar-refractivity contribution in [3.05, 3.63) is 58.6 Å². The highest BCUT2D eigenvalue weighted by atomic mass is 16.6. The molecule has 0 aliphatic carbocycles.